The topological polar surface area (TPSA) is 89.4 Å². The van der Waals surface area contributed by atoms with Crippen LogP contribution in [0.2, 0.25) is 0 Å². The molecule has 1 aromatic heterocycles. The Morgan fingerprint density at radius 2 is 1.91 bits per heavy atom. The maximum atomic E-state index is 13.2. The molecule has 6 rings (SSSR count). The fraction of sp³-hybridized carbons (Fsp3) is 0.577. The molecule has 33 heavy (non-hydrogen) atoms. The molecule has 174 valence electrons. The Kier molecular flexibility index (Phi) is 5.05. The first-order valence-corrected chi connectivity index (χ1v) is 12.5. The molecule has 2 aromatic rings. The quantitative estimate of drug-likeness (QED) is 0.689. The monoisotopic (exact) mass is 449 g/mol. The fourth-order valence-electron chi connectivity index (χ4n) is 6.71. The first kappa shape index (κ1) is 20.9. The van der Waals surface area contributed by atoms with Crippen molar-refractivity contribution >= 4 is 34.3 Å². The molecule has 4 aliphatic rings. The Bertz CT molecular complexity index is 1130. The van der Waals surface area contributed by atoms with Gasteiger partial charge < -0.3 is 15.4 Å². The summed E-state index contributed by atoms with van der Waals surface area (Å²) in [4.78, 5) is 38.6. The summed E-state index contributed by atoms with van der Waals surface area (Å²) in [6.45, 7) is 0.892. The van der Waals surface area contributed by atoms with Crippen molar-refractivity contribution in [3.8, 4) is 0 Å². The maximum Gasteiger partial charge on any atom is 0.357 e. The molecule has 1 aromatic carbocycles. The largest absolute Gasteiger partial charge is 0.426 e. The number of nitrogens with one attached hydrogen (secondary N) is 2. The lowest BCUT2D eigenvalue weighted by Gasteiger charge is -2.32. The number of rotatable bonds is 3. The molecule has 2 N–H and O–H groups in total. The number of ether oxygens (including phenoxy) is 1. The summed E-state index contributed by atoms with van der Waals surface area (Å²) < 4.78 is 7.44. The minimum Gasteiger partial charge on any atom is -0.426 e. The van der Waals surface area contributed by atoms with Crippen molar-refractivity contribution in [1.29, 1.82) is 0 Å². The average molecular weight is 450 g/mol. The van der Waals surface area contributed by atoms with Gasteiger partial charge in [0.2, 0.25) is 11.6 Å². The van der Waals surface area contributed by atoms with E-state index in [9.17, 15) is 14.4 Å². The van der Waals surface area contributed by atoms with Gasteiger partial charge in [-0.3, -0.25) is 14.2 Å². The number of ketones is 1. The SMILES string of the molecule is O=C1OC2(CCCCC2=O)n2c1cc1cc(NC(=O)[C@H]3NCC[C@H]3C3CCCCC3)ccc12. The van der Waals surface area contributed by atoms with Crippen LogP contribution in [0.1, 0.15) is 74.7 Å². The normalized spacial score (nSPS) is 30.1. The maximum absolute atomic E-state index is 13.2. The van der Waals surface area contributed by atoms with E-state index in [2.05, 4.69) is 10.6 Å². The van der Waals surface area contributed by atoms with Gasteiger partial charge in [0.1, 0.15) is 5.69 Å². The summed E-state index contributed by atoms with van der Waals surface area (Å²) in [5.74, 6) is 0.581. The highest BCUT2D eigenvalue weighted by atomic mass is 16.6. The predicted molar refractivity (Wildman–Crippen MR) is 124 cm³/mol. The van der Waals surface area contributed by atoms with E-state index in [1.54, 1.807) is 10.6 Å². The number of benzene rings is 1. The number of carbonyl (C=O) groups excluding carboxylic acids is 3. The van der Waals surface area contributed by atoms with Gasteiger partial charge in [-0.25, -0.2) is 4.79 Å². The molecule has 3 atom stereocenters. The highest BCUT2D eigenvalue weighted by Gasteiger charge is 2.52. The van der Waals surface area contributed by atoms with Crippen LogP contribution in [0.3, 0.4) is 0 Å². The van der Waals surface area contributed by atoms with Gasteiger partial charge in [0.05, 0.1) is 11.6 Å². The summed E-state index contributed by atoms with van der Waals surface area (Å²) >= 11 is 0. The van der Waals surface area contributed by atoms with Gasteiger partial charge in [0.25, 0.3) is 0 Å². The van der Waals surface area contributed by atoms with Gasteiger partial charge in [0, 0.05) is 23.9 Å². The molecule has 7 heteroatoms. The van der Waals surface area contributed by atoms with Crippen LogP contribution in [0.25, 0.3) is 10.9 Å². The van der Waals surface area contributed by atoms with Crippen LogP contribution >= 0.6 is 0 Å². The Balaban J connectivity index is 1.26. The van der Waals surface area contributed by atoms with Crippen molar-refractivity contribution in [2.75, 3.05) is 11.9 Å². The molecule has 3 fully saturated rings. The van der Waals surface area contributed by atoms with Gasteiger partial charge >= 0.3 is 5.97 Å². The van der Waals surface area contributed by atoms with E-state index in [0.717, 1.165) is 36.7 Å². The first-order valence-electron chi connectivity index (χ1n) is 12.5. The third-order valence-corrected chi connectivity index (χ3v) is 8.31. The van der Waals surface area contributed by atoms with E-state index < -0.39 is 11.7 Å². The third-order valence-electron chi connectivity index (χ3n) is 8.31. The summed E-state index contributed by atoms with van der Waals surface area (Å²) in [6, 6.07) is 7.28. The molecule has 2 aliphatic carbocycles. The summed E-state index contributed by atoms with van der Waals surface area (Å²) in [5, 5.41) is 7.37. The Hall–Kier alpha value is -2.67. The van der Waals surface area contributed by atoms with Crippen LogP contribution in [0.5, 0.6) is 0 Å². The molecule has 3 heterocycles. The molecule has 7 nitrogen and oxygen atoms in total. The average Bonchev–Trinajstić information content (AvgIpc) is 3.52. The molecule has 2 saturated carbocycles. The standard InChI is InChI=1S/C26H31N3O4/c30-22-8-4-5-12-26(22)29-20-10-9-18(14-17(20)15-21(29)25(32)33-26)28-24(31)23-19(11-13-27-23)16-6-2-1-3-7-16/h9-10,14-16,19,23,27H,1-8,11-13H2,(H,28,31)/t19-,23-,26?/m0/s1. The smallest absolute Gasteiger partial charge is 0.357 e. The number of hydrogen-bond donors (Lipinski definition) is 2. The van der Waals surface area contributed by atoms with Crippen molar-refractivity contribution < 1.29 is 19.1 Å². The van der Waals surface area contributed by atoms with Crippen LogP contribution in [-0.2, 0) is 20.1 Å². The minimum atomic E-state index is -1.20. The van der Waals surface area contributed by atoms with Crippen molar-refractivity contribution in [2.45, 2.75) is 76.0 Å². The van der Waals surface area contributed by atoms with Crippen molar-refractivity contribution in [3.63, 3.8) is 0 Å². The third kappa shape index (κ3) is 3.31. The lowest BCUT2D eigenvalue weighted by Crippen LogP contribution is -2.43. The Labute approximate surface area is 193 Å². The highest BCUT2D eigenvalue weighted by molar-refractivity contribution is 6.04. The molecule has 1 saturated heterocycles. The second-order valence-corrected chi connectivity index (χ2v) is 10.2. The van der Waals surface area contributed by atoms with Crippen LogP contribution in [0, 0.1) is 11.8 Å². The van der Waals surface area contributed by atoms with Crippen molar-refractivity contribution in [2.24, 2.45) is 11.8 Å². The zero-order valence-electron chi connectivity index (χ0n) is 18.9. The van der Waals surface area contributed by atoms with Crippen LogP contribution in [0.4, 0.5) is 5.69 Å². The number of fused-ring (bicyclic) bond motifs is 4. The number of carbonyl (C=O) groups is 3. The van der Waals surface area contributed by atoms with E-state index in [4.69, 9.17) is 4.74 Å². The molecular weight excluding hydrogens is 418 g/mol. The molecule has 0 bridgehead atoms. The molecule has 1 amide bonds. The van der Waals surface area contributed by atoms with E-state index in [0.29, 0.717) is 36.1 Å². The van der Waals surface area contributed by atoms with Gasteiger partial charge in [-0.2, -0.15) is 0 Å². The van der Waals surface area contributed by atoms with Crippen LogP contribution < -0.4 is 10.6 Å². The number of hydrogen-bond acceptors (Lipinski definition) is 5. The lowest BCUT2D eigenvalue weighted by molar-refractivity contribution is -0.150. The molecule has 2 aliphatic heterocycles. The van der Waals surface area contributed by atoms with Crippen molar-refractivity contribution in [3.05, 3.63) is 30.0 Å². The predicted octanol–water partition coefficient (Wildman–Crippen LogP) is 4.10. The zero-order chi connectivity index (χ0) is 22.6. The second kappa shape index (κ2) is 7.97. The van der Waals surface area contributed by atoms with Crippen LogP contribution in [0.15, 0.2) is 24.3 Å². The highest BCUT2D eigenvalue weighted by Crippen LogP contribution is 2.43. The van der Waals surface area contributed by atoms with E-state index in [-0.39, 0.29) is 17.7 Å². The Morgan fingerprint density at radius 3 is 2.73 bits per heavy atom. The van der Waals surface area contributed by atoms with Gasteiger partial charge in [-0.15, -0.1) is 0 Å². The van der Waals surface area contributed by atoms with Crippen LogP contribution in [-0.4, -0.2) is 34.8 Å². The Morgan fingerprint density at radius 1 is 1.06 bits per heavy atom. The van der Waals surface area contributed by atoms with E-state index in [1.165, 1.54) is 32.1 Å². The molecule has 1 unspecified atom stereocenters. The number of anilines is 1. The number of nitrogens with zero attached hydrogens (tertiary/aromatic N) is 1. The van der Waals surface area contributed by atoms with E-state index >= 15 is 0 Å². The first-order chi connectivity index (χ1) is 16.1. The molecular formula is C26H31N3O4. The number of esters is 1. The van der Waals surface area contributed by atoms with E-state index in [1.807, 2.05) is 18.2 Å². The minimum absolute atomic E-state index is 0.0208. The molecule has 0 radical (unpaired) electrons. The fourth-order valence-corrected chi connectivity index (χ4v) is 6.71. The summed E-state index contributed by atoms with van der Waals surface area (Å²) in [6.07, 6.45) is 10.0. The zero-order valence-corrected chi connectivity index (χ0v) is 18.9. The lowest BCUT2D eigenvalue weighted by atomic mass is 9.76. The molecule has 1 spiro atoms. The van der Waals surface area contributed by atoms with Gasteiger partial charge in [-0.05, 0) is 61.9 Å². The van der Waals surface area contributed by atoms with Gasteiger partial charge in [-0.1, -0.05) is 32.1 Å². The summed E-state index contributed by atoms with van der Waals surface area (Å²) in [7, 11) is 0. The second-order valence-electron chi connectivity index (χ2n) is 10.2. The number of aromatic nitrogens is 1. The summed E-state index contributed by atoms with van der Waals surface area (Å²) in [5.41, 5.74) is 0.727. The van der Waals surface area contributed by atoms with Gasteiger partial charge in [0.15, 0.2) is 5.78 Å². The number of amides is 1. The van der Waals surface area contributed by atoms with Crippen molar-refractivity contribution in [1.82, 2.24) is 9.88 Å². The number of Topliss-reactive ketones (excluding diaryl/α,β-unsaturated/α-hetero) is 1.